The Bertz CT molecular complexity index is 2350. The van der Waals surface area contributed by atoms with Crippen LogP contribution in [0.3, 0.4) is 0 Å². The van der Waals surface area contributed by atoms with Crippen LogP contribution in [0.5, 0.6) is 23.0 Å². The molecule has 0 radical (unpaired) electrons. The van der Waals surface area contributed by atoms with Gasteiger partial charge in [0.1, 0.15) is 23.0 Å². The maximum Gasteiger partial charge on any atom is 0.398 e. The van der Waals surface area contributed by atoms with E-state index in [-0.39, 0.29) is 30.9 Å². The van der Waals surface area contributed by atoms with Gasteiger partial charge < -0.3 is 37.9 Å². The van der Waals surface area contributed by atoms with Gasteiger partial charge in [-0.1, -0.05) is 169 Å². The number of hydrogen-bond acceptors (Lipinski definition) is 8. The SMILES string of the molecule is CCC(C)(c1ccc(OC(C)OC)cc1)C(F)(F)F.CCC(C)c1ccc(OC(C)OC2CCC(C(C)(C)C)CC2)cc1.CCC(C)c1ccc(OC(C)OCC2CCCCC2)cc1.CCC(C)c1ccc(OC(C)OCCC2CCCCC2)cc1. The van der Waals surface area contributed by atoms with Crippen molar-refractivity contribution in [3.63, 3.8) is 0 Å². The van der Waals surface area contributed by atoms with Crippen molar-refractivity contribution in [2.75, 3.05) is 20.3 Å². The topological polar surface area (TPSA) is 73.8 Å². The van der Waals surface area contributed by atoms with E-state index in [0.717, 1.165) is 67.5 Å². The van der Waals surface area contributed by atoms with E-state index in [0.29, 0.717) is 35.0 Å². The lowest BCUT2D eigenvalue weighted by Gasteiger charge is -2.37. The summed E-state index contributed by atoms with van der Waals surface area (Å²) in [5.74, 6) is 7.44. The first-order valence-corrected chi connectivity index (χ1v) is 33.5. The molecule has 86 heavy (non-hydrogen) atoms. The van der Waals surface area contributed by atoms with Crippen LogP contribution < -0.4 is 18.9 Å². The Kier molecular flexibility index (Phi) is 33.0. The second-order valence-corrected chi connectivity index (χ2v) is 26.3. The van der Waals surface area contributed by atoms with E-state index in [9.17, 15) is 13.2 Å². The zero-order valence-corrected chi connectivity index (χ0v) is 56.3. The summed E-state index contributed by atoms with van der Waals surface area (Å²) in [5, 5.41) is 0. The molecule has 0 saturated heterocycles. The molecule has 3 aliphatic carbocycles. The van der Waals surface area contributed by atoms with Crippen LogP contribution in [-0.4, -0.2) is 57.8 Å². The third kappa shape index (κ3) is 26.4. The normalized spacial score (nSPS) is 20.0. The van der Waals surface area contributed by atoms with Gasteiger partial charge in [0.2, 0.25) is 0 Å². The molecule has 8 atom stereocenters. The molecule has 3 saturated carbocycles. The Morgan fingerprint density at radius 3 is 1.19 bits per heavy atom. The summed E-state index contributed by atoms with van der Waals surface area (Å²) in [6, 6.07) is 31.3. The van der Waals surface area contributed by atoms with Crippen molar-refractivity contribution >= 4 is 0 Å². The number of ether oxygens (including phenoxy) is 8. The largest absolute Gasteiger partial charge is 0.465 e. The van der Waals surface area contributed by atoms with Gasteiger partial charge in [0.05, 0.1) is 24.7 Å². The van der Waals surface area contributed by atoms with Gasteiger partial charge >= 0.3 is 6.18 Å². The van der Waals surface area contributed by atoms with Gasteiger partial charge in [-0.2, -0.15) is 13.2 Å². The van der Waals surface area contributed by atoms with Crippen molar-refractivity contribution in [2.24, 2.45) is 23.2 Å². The molecule has 7 rings (SSSR count). The fourth-order valence-corrected chi connectivity index (χ4v) is 11.5. The summed E-state index contributed by atoms with van der Waals surface area (Å²) in [4.78, 5) is 0. The van der Waals surface area contributed by atoms with E-state index in [1.165, 1.54) is 158 Å². The minimum Gasteiger partial charge on any atom is -0.465 e. The highest BCUT2D eigenvalue weighted by atomic mass is 19.4. The lowest BCUT2D eigenvalue weighted by atomic mass is 9.72. The first kappa shape index (κ1) is 74.2. The van der Waals surface area contributed by atoms with Gasteiger partial charge in [0.15, 0.2) is 25.2 Å². The van der Waals surface area contributed by atoms with E-state index in [4.69, 9.17) is 37.9 Å². The zero-order chi connectivity index (χ0) is 63.3. The van der Waals surface area contributed by atoms with Gasteiger partial charge in [-0.3, -0.25) is 0 Å². The number of halogens is 3. The second kappa shape index (κ2) is 38.3. The van der Waals surface area contributed by atoms with Crippen molar-refractivity contribution in [1.82, 2.24) is 0 Å². The molecule has 8 unspecified atom stereocenters. The lowest BCUT2D eigenvalue weighted by molar-refractivity contribution is -0.186. The number of hydrogen-bond donors (Lipinski definition) is 0. The Labute approximate surface area is 521 Å². The van der Waals surface area contributed by atoms with Crippen molar-refractivity contribution in [2.45, 2.75) is 286 Å². The third-order valence-corrected chi connectivity index (χ3v) is 18.7. The van der Waals surface area contributed by atoms with E-state index < -0.39 is 17.9 Å². The van der Waals surface area contributed by atoms with Crippen molar-refractivity contribution in [3.8, 4) is 23.0 Å². The van der Waals surface area contributed by atoms with Gasteiger partial charge in [0, 0.05) is 7.11 Å². The number of benzene rings is 4. The molecule has 8 nitrogen and oxygen atoms in total. The van der Waals surface area contributed by atoms with Crippen molar-refractivity contribution < 1.29 is 51.1 Å². The summed E-state index contributed by atoms with van der Waals surface area (Å²) in [6.07, 6.45) is 18.4. The van der Waals surface area contributed by atoms with Crippen molar-refractivity contribution in [3.05, 3.63) is 119 Å². The van der Waals surface area contributed by atoms with E-state index in [2.05, 4.69) is 135 Å². The molecular weight excluding hydrogens is 1090 g/mol. The standard InChI is InChI=1S/C22H36O2.C20H32O2.C19H30O2.C14H19F3O2/c1-7-16(2)18-8-12-20(13-9-18)23-17(3)24-21-14-10-19(11-15-21)22(4,5)6;1-4-16(2)19-10-12-20(13-11-19)22-17(3)21-15-14-18-8-6-5-7-9-18;1-4-15(2)18-10-12-19(13-11-18)21-16(3)20-14-17-8-6-5-7-9-17;1-5-13(3,14(15,16)17)11-6-8-12(9-7-11)19-10(2)18-4/h8-9,12-13,16-17,19,21H,7,10-11,14-15H2,1-6H3;10-13,16-18H,4-9,14-15H2,1-3H3;10-13,15-17H,4-9,14H2,1-3H3;6-10H,5H2,1-4H3. The predicted molar refractivity (Wildman–Crippen MR) is 349 cm³/mol. The average molecular weight is 1200 g/mol. The third-order valence-electron chi connectivity index (χ3n) is 18.7. The molecule has 0 aromatic heterocycles. The van der Waals surface area contributed by atoms with Gasteiger partial charge in [0.25, 0.3) is 0 Å². The monoisotopic (exact) mass is 1200 g/mol. The van der Waals surface area contributed by atoms with E-state index in [1.807, 2.05) is 20.8 Å². The smallest absolute Gasteiger partial charge is 0.398 e. The minimum atomic E-state index is -4.27. The van der Waals surface area contributed by atoms with Crippen molar-refractivity contribution in [1.29, 1.82) is 0 Å². The maximum absolute atomic E-state index is 13.1. The van der Waals surface area contributed by atoms with Crippen LogP contribution in [0.1, 0.15) is 266 Å². The quantitative estimate of drug-likeness (QED) is 0.0576. The van der Waals surface area contributed by atoms with Gasteiger partial charge in [-0.25, -0.2) is 0 Å². The van der Waals surface area contributed by atoms with E-state index >= 15 is 0 Å². The molecular formula is C75H117F3O8. The van der Waals surface area contributed by atoms with Crippen LogP contribution in [0.25, 0.3) is 0 Å². The first-order valence-electron chi connectivity index (χ1n) is 33.5. The van der Waals surface area contributed by atoms with Crippen LogP contribution in [0.2, 0.25) is 0 Å². The first-order chi connectivity index (χ1) is 40.9. The predicted octanol–water partition coefficient (Wildman–Crippen LogP) is 22.3. The molecule has 4 aromatic carbocycles. The molecule has 11 heteroatoms. The van der Waals surface area contributed by atoms with Crippen LogP contribution in [0, 0.1) is 23.2 Å². The van der Waals surface area contributed by atoms with E-state index in [1.54, 1.807) is 6.92 Å². The van der Waals surface area contributed by atoms with Gasteiger partial charge in [-0.05, 0) is 217 Å². The Balaban J connectivity index is 0.000000246. The number of methoxy groups -OCH3 is 1. The minimum absolute atomic E-state index is 0.00875. The highest BCUT2D eigenvalue weighted by molar-refractivity contribution is 5.34. The number of rotatable bonds is 26. The fourth-order valence-electron chi connectivity index (χ4n) is 11.5. The highest BCUT2D eigenvalue weighted by Gasteiger charge is 2.50. The summed E-state index contributed by atoms with van der Waals surface area (Å²) in [6.45, 7) is 32.6. The number of alkyl halides is 3. The van der Waals surface area contributed by atoms with Crippen LogP contribution in [-0.2, 0) is 24.4 Å². The molecule has 3 fully saturated rings. The Morgan fingerprint density at radius 2 is 0.814 bits per heavy atom. The molecule has 4 aromatic rings. The average Bonchev–Trinajstić information content (AvgIpc) is 3.71. The molecule has 486 valence electrons. The molecule has 0 bridgehead atoms. The molecule has 0 spiro atoms. The summed E-state index contributed by atoms with van der Waals surface area (Å²) >= 11 is 0. The molecule has 0 N–H and O–H groups in total. The summed E-state index contributed by atoms with van der Waals surface area (Å²) in [5.41, 5.74) is 2.95. The summed E-state index contributed by atoms with van der Waals surface area (Å²) in [7, 11) is 1.50. The van der Waals surface area contributed by atoms with Crippen LogP contribution >= 0.6 is 0 Å². The molecule has 3 aliphatic rings. The van der Waals surface area contributed by atoms with Gasteiger partial charge in [-0.15, -0.1) is 0 Å². The highest BCUT2D eigenvalue weighted by Crippen LogP contribution is 2.44. The molecule has 0 heterocycles. The van der Waals surface area contributed by atoms with Crippen LogP contribution in [0.15, 0.2) is 97.1 Å². The molecule has 0 aliphatic heterocycles. The Morgan fingerprint density at radius 1 is 0.442 bits per heavy atom. The Hall–Kier alpha value is -4.29. The lowest BCUT2D eigenvalue weighted by Crippen LogP contribution is -2.38. The van der Waals surface area contributed by atoms with Crippen LogP contribution in [0.4, 0.5) is 13.2 Å². The second-order valence-electron chi connectivity index (χ2n) is 26.3. The molecule has 0 amide bonds. The summed E-state index contributed by atoms with van der Waals surface area (Å²) < 4.78 is 85.1. The maximum atomic E-state index is 13.1. The zero-order valence-electron chi connectivity index (χ0n) is 56.3. The fraction of sp³-hybridized carbons (Fsp3) is 0.680.